The third kappa shape index (κ3) is 3.10. The lowest BCUT2D eigenvalue weighted by atomic mass is 10.1. The van der Waals surface area contributed by atoms with Crippen molar-refractivity contribution in [1.82, 2.24) is 19.6 Å². The largest absolute Gasteiger partial charge is 0.478 e. The van der Waals surface area contributed by atoms with Gasteiger partial charge in [0.15, 0.2) is 0 Å². The molecule has 0 saturated heterocycles. The normalized spacial score (nSPS) is 16.5. The van der Waals surface area contributed by atoms with Crippen LogP contribution < -0.4 is 5.32 Å². The topological polar surface area (TPSA) is 102 Å². The average molecular weight is 383 g/mol. The fourth-order valence-corrected chi connectivity index (χ4v) is 4.31. The first kappa shape index (κ1) is 17.3. The molecule has 1 aromatic carbocycles. The molecule has 1 aliphatic rings. The standard InChI is InChI=1S/C18H17N5O3S/c1-10-15-16(12-7-19-22(2)8-12)27-9-14(24)20-17(15)23(21-10)13-5-3-11(4-6-13)18(25)26/h3-8,16H,9H2,1-2H3,(H,20,24)(H,25,26). The van der Waals surface area contributed by atoms with Gasteiger partial charge in [0.25, 0.3) is 0 Å². The number of nitrogens with zero attached hydrogens (tertiary/aromatic N) is 4. The number of aromatic nitrogens is 4. The van der Waals surface area contributed by atoms with E-state index in [1.807, 2.05) is 20.2 Å². The molecule has 0 aliphatic carbocycles. The molecule has 8 nitrogen and oxygen atoms in total. The molecule has 2 N–H and O–H groups in total. The van der Waals surface area contributed by atoms with Crippen LogP contribution in [-0.2, 0) is 11.8 Å². The first-order chi connectivity index (χ1) is 12.9. The zero-order valence-corrected chi connectivity index (χ0v) is 15.5. The Morgan fingerprint density at radius 3 is 2.70 bits per heavy atom. The number of hydrogen-bond acceptors (Lipinski definition) is 5. The Morgan fingerprint density at radius 2 is 2.07 bits per heavy atom. The van der Waals surface area contributed by atoms with Crippen molar-refractivity contribution in [3.8, 4) is 5.69 Å². The van der Waals surface area contributed by atoms with Crippen LogP contribution in [0.5, 0.6) is 0 Å². The summed E-state index contributed by atoms with van der Waals surface area (Å²) >= 11 is 1.53. The Hall–Kier alpha value is -3.07. The quantitative estimate of drug-likeness (QED) is 0.720. The number of thioether (sulfide) groups is 1. The van der Waals surface area contributed by atoms with Crippen LogP contribution >= 0.6 is 11.8 Å². The number of rotatable bonds is 3. The summed E-state index contributed by atoms with van der Waals surface area (Å²) in [5.41, 5.74) is 3.61. The predicted octanol–water partition coefficient (Wildman–Crippen LogP) is 2.39. The van der Waals surface area contributed by atoms with Crippen molar-refractivity contribution in [2.45, 2.75) is 12.2 Å². The number of nitrogens with one attached hydrogen (secondary N) is 1. The van der Waals surface area contributed by atoms with E-state index in [-0.39, 0.29) is 16.7 Å². The van der Waals surface area contributed by atoms with E-state index in [9.17, 15) is 9.59 Å². The van der Waals surface area contributed by atoms with Gasteiger partial charge in [-0.3, -0.25) is 9.48 Å². The number of benzene rings is 1. The van der Waals surface area contributed by atoms with Crippen molar-refractivity contribution in [3.63, 3.8) is 0 Å². The summed E-state index contributed by atoms with van der Waals surface area (Å²) in [5, 5.41) is 20.8. The van der Waals surface area contributed by atoms with Gasteiger partial charge in [0.1, 0.15) is 5.82 Å². The van der Waals surface area contributed by atoms with E-state index < -0.39 is 5.97 Å². The molecule has 4 rings (SSSR count). The number of amides is 1. The molecule has 0 bridgehead atoms. The number of carboxylic acid groups (broad SMARTS) is 1. The number of hydrogen-bond donors (Lipinski definition) is 2. The van der Waals surface area contributed by atoms with Gasteiger partial charge in [-0.1, -0.05) is 0 Å². The van der Waals surface area contributed by atoms with Crippen molar-refractivity contribution in [3.05, 3.63) is 59.0 Å². The zero-order valence-electron chi connectivity index (χ0n) is 14.7. The van der Waals surface area contributed by atoms with E-state index in [2.05, 4.69) is 15.5 Å². The summed E-state index contributed by atoms with van der Waals surface area (Å²) in [6.07, 6.45) is 3.74. The molecule has 3 aromatic rings. The van der Waals surface area contributed by atoms with Gasteiger partial charge in [-0.05, 0) is 31.2 Å². The van der Waals surface area contributed by atoms with Crippen LogP contribution in [0, 0.1) is 6.92 Å². The molecule has 3 heterocycles. The lowest BCUT2D eigenvalue weighted by molar-refractivity contribution is -0.113. The molecule has 0 radical (unpaired) electrons. The van der Waals surface area contributed by atoms with Gasteiger partial charge in [-0.2, -0.15) is 10.2 Å². The van der Waals surface area contributed by atoms with Gasteiger partial charge in [0, 0.05) is 24.4 Å². The number of aryl methyl sites for hydroxylation is 2. The van der Waals surface area contributed by atoms with Crippen molar-refractivity contribution in [1.29, 1.82) is 0 Å². The third-order valence-corrected chi connectivity index (χ3v) is 5.66. The van der Waals surface area contributed by atoms with Gasteiger partial charge in [-0.25, -0.2) is 9.48 Å². The van der Waals surface area contributed by atoms with E-state index in [4.69, 9.17) is 5.11 Å². The lowest BCUT2D eigenvalue weighted by Crippen LogP contribution is -2.15. The minimum absolute atomic E-state index is 0.0697. The fraction of sp³-hybridized carbons (Fsp3) is 0.222. The second-order valence-corrected chi connectivity index (χ2v) is 7.39. The maximum absolute atomic E-state index is 12.3. The first-order valence-corrected chi connectivity index (χ1v) is 9.32. The minimum Gasteiger partial charge on any atom is -0.478 e. The molecule has 1 unspecified atom stereocenters. The molecule has 1 amide bonds. The van der Waals surface area contributed by atoms with E-state index in [0.717, 1.165) is 16.8 Å². The minimum atomic E-state index is -0.988. The highest BCUT2D eigenvalue weighted by Gasteiger charge is 2.31. The van der Waals surface area contributed by atoms with Crippen LogP contribution in [-0.4, -0.2) is 42.3 Å². The summed E-state index contributed by atoms with van der Waals surface area (Å²) in [7, 11) is 1.86. The van der Waals surface area contributed by atoms with Crippen LogP contribution in [0.25, 0.3) is 5.69 Å². The van der Waals surface area contributed by atoms with Gasteiger partial charge < -0.3 is 10.4 Å². The molecule has 27 heavy (non-hydrogen) atoms. The van der Waals surface area contributed by atoms with E-state index in [1.54, 1.807) is 27.7 Å². The van der Waals surface area contributed by atoms with Gasteiger partial charge in [-0.15, -0.1) is 11.8 Å². The average Bonchev–Trinajstić information content (AvgIpc) is 3.15. The third-order valence-electron chi connectivity index (χ3n) is 4.39. The molecular formula is C18H17N5O3S. The summed E-state index contributed by atoms with van der Waals surface area (Å²) < 4.78 is 3.39. The molecule has 138 valence electrons. The number of fused-ring (bicyclic) bond motifs is 1. The molecule has 0 saturated carbocycles. The SMILES string of the molecule is Cc1nn(-c2ccc(C(=O)O)cc2)c2c1C(c1cnn(C)c1)SCC(=O)N2. The van der Waals surface area contributed by atoms with Gasteiger partial charge in [0.05, 0.1) is 34.1 Å². The summed E-state index contributed by atoms with van der Waals surface area (Å²) in [6.45, 7) is 1.91. The maximum Gasteiger partial charge on any atom is 0.335 e. The summed E-state index contributed by atoms with van der Waals surface area (Å²) in [5.74, 6) is -0.153. The molecule has 0 fully saturated rings. The Bertz CT molecular complexity index is 1040. The van der Waals surface area contributed by atoms with Crippen LogP contribution in [0.15, 0.2) is 36.7 Å². The number of carboxylic acids is 1. The van der Waals surface area contributed by atoms with Crippen molar-refractivity contribution < 1.29 is 14.7 Å². The monoisotopic (exact) mass is 383 g/mol. The fourth-order valence-electron chi connectivity index (χ4n) is 3.15. The Kier molecular flexibility index (Phi) is 4.23. The van der Waals surface area contributed by atoms with Gasteiger partial charge >= 0.3 is 5.97 Å². The Morgan fingerprint density at radius 1 is 1.33 bits per heavy atom. The van der Waals surface area contributed by atoms with Crippen molar-refractivity contribution in [2.75, 3.05) is 11.1 Å². The number of carbonyl (C=O) groups excluding carboxylic acids is 1. The van der Waals surface area contributed by atoms with E-state index in [1.165, 1.54) is 23.9 Å². The highest BCUT2D eigenvalue weighted by Crippen LogP contribution is 2.43. The highest BCUT2D eigenvalue weighted by molar-refractivity contribution is 8.00. The summed E-state index contributed by atoms with van der Waals surface area (Å²) in [6, 6.07) is 6.40. The van der Waals surface area contributed by atoms with Crippen molar-refractivity contribution in [2.24, 2.45) is 7.05 Å². The van der Waals surface area contributed by atoms with Crippen LogP contribution in [0.4, 0.5) is 5.82 Å². The highest BCUT2D eigenvalue weighted by atomic mass is 32.2. The number of aromatic carboxylic acids is 1. The molecule has 1 atom stereocenters. The smallest absolute Gasteiger partial charge is 0.335 e. The predicted molar refractivity (Wildman–Crippen MR) is 101 cm³/mol. The molecule has 2 aromatic heterocycles. The maximum atomic E-state index is 12.3. The lowest BCUT2D eigenvalue weighted by Gasteiger charge is -2.13. The Balaban J connectivity index is 1.84. The number of anilines is 1. The van der Waals surface area contributed by atoms with Crippen LogP contribution in [0.3, 0.4) is 0 Å². The second-order valence-electron chi connectivity index (χ2n) is 6.30. The Labute approximate surface area is 159 Å². The van der Waals surface area contributed by atoms with Crippen LogP contribution in [0.1, 0.15) is 32.4 Å². The second kappa shape index (κ2) is 6.58. The number of carbonyl (C=O) groups is 2. The van der Waals surface area contributed by atoms with E-state index >= 15 is 0 Å². The summed E-state index contributed by atoms with van der Waals surface area (Å²) in [4.78, 5) is 23.4. The zero-order chi connectivity index (χ0) is 19.1. The molecule has 1 aliphatic heterocycles. The van der Waals surface area contributed by atoms with Crippen LogP contribution in [0.2, 0.25) is 0 Å². The van der Waals surface area contributed by atoms with Gasteiger partial charge in [0.2, 0.25) is 5.91 Å². The molecular weight excluding hydrogens is 366 g/mol. The molecule has 9 heteroatoms. The van der Waals surface area contributed by atoms with E-state index in [0.29, 0.717) is 17.3 Å². The van der Waals surface area contributed by atoms with Crippen molar-refractivity contribution >= 4 is 29.5 Å². The first-order valence-electron chi connectivity index (χ1n) is 8.27. The molecule has 0 spiro atoms.